The van der Waals surface area contributed by atoms with E-state index in [0.29, 0.717) is 5.56 Å². The number of aromatic hydroxyl groups is 1. The number of phenols is 1. The van der Waals surface area contributed by atoms with Crippen LogP contribution >= 0.6 is 12.4 Å². The van der Waals surface area contributed by atoms with Crippen molar-refractivity contribution in [3.05, 3.63) is 23.8 Å². The number of hydrogen-bond acceptors (Lipinski definition) is 3. The minimum absolute atomic E-state index is 0. The number of halogens is 4. The molecular weight excluding hydrogens is 271 g/mol. The summed E-state index contributed by atoms with van der Waals surface area (Å²) in [7, 11) is 1.39. The first-order chi connectivity index (χ1) is 7.83. The van der Waals surface area contributed by atoms with E-state index in [0.717, 1.165) is 0 Å². The van der Waals surface area contributed by atoms with E-state index in [9.17, 15) is 18.3 Å². The number of hydrogen-bond donors (Lipinski definition) is 2. The highest BCUT2D eigenvalue weighted by molar-refractivity contribution is 5.85. The van der Waals surface area contributed by atoms with Crippen LogP contribution in [0, 0.1) is 0 Å². The molecule has 0 saturated heterocycles. The summed E-state index contributed by atoms with van der Waals surface area (Å²) in [5.41, 5.74) is 6.06. The van der Waals surface area contributed by atoms with Crippen molar-refractivity contribution in [2.75, 3.05) is 7.11 Å². The van der Waals surface area contributed by atoms with Gasteiger partial charge in [0.2, 0.25) is 0 Å². The zero-order chi connectivity index (χ0) is 13.1. The number of alkyl halides is 3. The van der Waals surface area contributed by atoms with Gasteiger partial charge in [0.15, 0.2) is 11.5 Å². The lowest BCUT2D eigenvalue weighted by Gasteiger charge is -2.14. The SMILES string of the molecule is COc1ccc([C@H](N)CCC(F)(F)F)cc1O.Cl. The van der Waals surface area contributed by atoms with Crippen LogP contribution in [0.1, 0.15) is 24.4 Å². The summed E-state index contributed by atoms with van der Waals surface area (Å²) in [5.74, 6) is 0.129. The van der Waals surface area contributed by atoms with Crippen LogP contribution in [0.3, 0.4) is 0 Å². The molecule has 0 radical (unpaired) electrons. The Kier molecular flexibility index (Phi) is 6.28. The van der Waals surface area contributed by atoms with Crippen LogP contribution in [0.15, 0.2) is 18.2 Å². The van der Waals surface area contributed by atoms with Gasteiger partial charge in [-0.15, -0.1) is 12.4 Å². The quantitative estimate of drug-likeness (QED) is 0.893. The van der Waals surface area contributed by atoms with E-state index in [1.54, 1.807) is 6.07 Å². The Bertz CT molecular complexity index is 385. The molecule has 104 valence electrons. The Labute approximate surface area is 109 Å². The lowest BCUT2D eigenvalue weighted by atomic mass is 10.0. The number of phenolic OH excluding ortho intramolecular Hbond substituents is 1. The maximum absolute atomic E-state index is 12.0. The van der Waals surface area contributed by atoms with E-state index in [1.165, 1.54) is 19.2 Å². The van der Waals surface area contributed by atoms with Gasteiger partial charge in [-0.25, -0.2) is 0 Å². The van der Waals surface area contributed by atoms with Gasteiger partial charge in [-0.3, -0.25) is 0 Å². The average molecular weight is 286 g/mol. The predicted octanol–water partition coefficient (Wildman–Crippen LogP) is 3.16. The van der Waals surface area contributed by atoms with Crippen LogP contribution in [-0.4, -0.2) is 18.4 Å². The Balaban J connectivity index is 0.00000289. The van der Waals surface area contributed by atoms with Gasteiger partial charge in [0.05, 0.1) is 7.11 Å². The first-order valence-electron chi connectivity index (χ1n) is 5.02. The molecule has 0 amide bonds. The smallest absolute Gasteiger partial charge is 0.389 e. The Hall–Kier alpha value is -1.14. The van der Waals surface area contributed by atoms with Crippen LogP contribution in [0.4, 0.5) is 13.2 Å². The third-order valence-electron chi connectivity index (χ3n) is 2.37. The van der Waals surface area contributed by atoms with Crippen molar-refractivity contribution in [1.82, 2.24) is 0 Å². The summed E-state index contributed by atoms with van der Waals surface area (Å²) >= 11 is 0. The van der Waals surface area contributed by atoms with Gasteiger partial charge in [-0.05, 0) is 24.1 Å². The molecule has 3 nitrogen and oxygen atoms in total. The number of benzene rings is 1. The third kappa shape index (κ3) is 5.01. The van der Waals surface area contributed by atoms with Crippen molar-refractivity contribution in [1.29, 1.82) is 0 Å². The van der Waals surface area contributed by atoms with Gasteiger partial charge in [0, 0.05) is 12.5 Å². The molecule has 0 bridgehead atoms. The van der Waals surface area contributed by atoms with Gasteiger partial charge < -0.3 is 15.6 Å². The minimum Gasteiger partial charge on any atom is -0.504 e. The fourth-order valence-corrected chi connectivity index (χ4v) is 1.42. The van der Waals surface area contributed by atoms with E-state index >= 15 is 0 Å². The van der Waals surface area contributed by atoms with Crippen LogP contribution in [0.5, 0.6) is 11.5 Å². The number of nitrogens with two attached hydrogens (primary N) is 1. The fourth-order valence-electron chi connectivity index (χ4n) is 1.42. The lowest BCUT2D eigenvalue weighted by molar-refractivity contribution is -0.136. The number of methoxy groups -OCH3 is 1. The molecular formula is C11H15ClF3NO2. The highest BCUT2D eigenvalue weighted by Crippen LogP contribution is 2.31. The maximum Gasteiger partial charge on any atom is 0.389 e. The number of rotatable bonds is 4. The Morgan fingerprint density at radius 1 is 1.39 bits per heavy atom. The van der Waals surface area contributed by atoms with Crippen molar-refractivity contribution >= 4 is 12.4 Å². The van der Waals surface area contributed by atoms with Gasteiger partial charge in [-0.2, -0.15) is 13.2 Å². The van der Waals surface area contributed by atoms with Gasteiger partial charge in [0.25, 0.3) is 0 Å². The monoisotopic (exact) mass is 285 g/mol. The second kappa shape index (κ2) is 6.70. The molecule has 0 aromatic heterocycles. The van der Waals surface area contributed by atoms with E-state index in [2.05, 4.69) is 0 Å². The normalized spacial score (nSPS) is 12.7. The molecule has 0 saturated carbocycles. The first-order valence-corrected chi connectivity index (χ1v) is 5.02. The van der Waals surface area contributed by atoms with Gasteiger partial charge in [-0.1, -0.05) is 6.07 Å². The van der Waals surface area contributed by atoms with E-state index in [4.69, 9.17) is 10.5 Å². The molecule has 7 heteroatoms. The zero-order valence-electron chi connectivity index (χ0n) is 9.70. The lowest BCUT2D eigenvalue weighted by Crippen LogP contribution is -2.15. The molecule has 0 heterocycles. The standard InChI is InChI=1S/C11H14F3NO2.ClH/c1-17-10-3-2-7(6-9(10)16)8(15)4-5-11(12,13)14;/h2-3,6,8,16H,4-5,15H2,1H3;1H/t8-;/m1./s1. The second-order valence-electron chi connectivity index (χ2n) is 3.69. The largest absolute Gasteiger partial charge is 0.504 e. The summed E-state index contributed by atoms with van der Waals surface area (Å²) in [6.45, 7) is 0. The summed E-state index contributed by atoms with van der Waals surface area (Å²) < 4.78 is 40.8. The third-order valence-corrected chi connectivity index (χ3v) is 2.37. The molecule has 0 aliphatic rings. The van der Waals surface area contributed by atoms with Crippen molar-refractivity contribution < 1.29 is 23.0 Å². The molecule has 0 fully saturated rings. The maximum atomic E-state index is 12.0. The fraction of sp³-hybridized carbons (Fsp3) is 0.455. The summed E-state index contributed by atoms with van der Waals surface area (Å²) in [4.78, 5) is 0. The van der Waals surface area contributed by atoms with Crippen LogP contribution in [0.2, 0.25) is 0 Å². The van der Waals surface area contributed by atoms with Crippen LogP contribution in [-0.2, 0) is 0 Å². The Morgan fingerprint density at radius 2 is 2.00 bits per heavy atom. The predicted molar refractivity (Wildman–Crippen MR) is 64.1 cm³/mol. The van der Waals surface area contributed by atoms with Crippen LogP contribution < -0.4 is 10.5 Å². The topological polar surface area (TPSA) is 55.5 Å². The second-order valence-corrected chi connectivity index (χ2v) is 3.69. The van der Waals surface area contributed by atoms with Crippen molar-refractivity contribution in [3.63, 3.8) is 0 Å². The summed E-state index contributed by atoms with van der Waals surface area (Å²) in [6.07, 6.45) is -5.37. The molecule has 1 aromatic carbocycles. The van der Waals surface area contributed by atoms with E-state index < -0.39 is 18.6 Å². The van der Waals surface area contributed by atoms with Crippen molar-refractivity contribution in [2.24, 2.45) is 5.73 Å². The van der Waals surface area contributed by atoms with Crippen LogP contribution in [0.25, 0.3) is 0 Å². The first kappa shape index (κ1) is 16.9. The molecule has 0 spiro atoms. The van der Waals surface area contributed by atoms with Crippen molar-refractivity contribution in [3.8, 4) is 11.5 Å². The molecule has 3 N–H and O–H groups in total. The average Bonchev–Trinajstić information content (AvgIpc) is 2.24. The zero-order valence-corrected chi connectivity index (χ0v) is 10.5. The molecule has 1 aromatic rings. The van der Waals surface area contributed by atoms with E-state index in [1.807, 2.05) is 0 Å². The molecule has 0 aliphatic heterocycles. The molecule has 1 atom stereocenters. The highest BCUT2D eigenvalue weighted by atomic mass is 35.5. The Morgan fingerprint density at radius 3 is 2.44 bits per heavy atom. The van der Waals surface area contributed by atoms with Gasteiger partial charge >= 0.3 is 6.18 Å². The molecule has 1 rings (SSSR count). The minimum atomic E-state index is -4.22. The molecule has 18 heavy (non-hydrogen) atoms. The highest BCUT2D eigenvalue weighted by Gasteiger charge is 2.27. The van der Waals surface area contributed by atoms with E-state index in [-0.39, 0.29) is 30.3 Å². The summed E-state index contributed by atoms with van der Waals surface area (Å²) in [6, 6.07) is 3.57. The number of ether oxygens (including phenoxy) is 1. The summed E-state index contributed by atoms with van der Waals surface area (Å²) in [5, 5.41) is 9.47. The van der Waals surface area contributed by atoms with Gasteiger partial charge in [0.1, 0.15) is 0 Å². The van der Waals surface area contributed by atoms with Crippen molar-refractivity contribution in [2.45, 2.75) is 25.1 Å². The molecule has 0 aliphatic carbocycles. The molecule has 0 unspecified atom stereocenters.